The Morgan fingerprint density at radius 1 is 0.929 bits per heavy atom. The molecule has 7 nitrogen and oxygen atoms in total. The van der Waals surface area contributed by atoms with Crippen molar-refractivity contribution in [3.05, 3.63) is 0 Å². The second-order valence-electron chi connectivity index (χ2n) is 9.88. The first kappa shape index (κ1) is 21.4. The third kappa shape index (κ3) is 5.83. The Morgan fingerprint density at radius 3 is 2.11 bits per heavy atom. The van der Waals surface area contributed by atoms with E-state index < -0.39 is 0 Å². The van der Waals surface area contributed by atoms with Gasteiger partial charge in [0.15, 0.2) is 0 Å². The third-order valence-corrected chi connectivity index (χ3v) is 6.32. The first-order valence-corrected chi connectivity index (χ1v) is 10.7. The molecule has 0 bridgehead atoms. The quantitative estimate of drug-likeness (QED) is 0.791. The number of amides is 3. The number of hydrogen-bond donors (Lipinski definition) is 1. The Bertz CT molecular complexity index is 556. The lowest BCUT2D eigenvalue weighted by Gasteiger charge is -2.47. The molecule has 28 heavy (non-hydrogen) atoms. The number of nitrogens with one attached hydrogen (secondary N) is 1. The number of rotatable bonds is 4. The van der Waals surface area contributed by atoms with E-state index in [1.807, 2.05) is 9.80 Å². The van der Waals surface area contributed by atoms with Crippen molar-refractivity contribution >= 4 is 11.9 Å². The fourth-order valence-corrected chi connectivity index (χ4v) is 5.49. The lowest BCUT2D eigenvalue weighted by Crippen LogP contribution is -2.50. The smallest absolute Gasteiger partial charge is 0.317 e. The summed E-state index contributed by atoms with van der Waals surface area (Å²) in [4.78, 5) is 29.0. The summed E-state index contributed by atoms with van der Waals surface area (Å²) in [6, 6.07) is 0.00819. The number of carbonyl (C=O) groups excluding carboxylic acids is 2. The van der Waals surface area contributed by atoms with E-state index in [4.69, 9.17) is 9.47 Å². The van der Waals surface area contributed by atoms with Crippen LogP contribution in [0.15, 0.2) is 0 Å². The summed E-state index contributed by atoms with van der Waals surface area (Å²) in [5.74, 6) is 0.620. The van der Waals surface area contributed by atoms with Crippen LogP contribution in [0.5, 0.6) is 0 Å². The van der Waals surface area contributed by atoms with Gasteiger partial charge in [-0.05, 0) is 36.0 Å². The number of morpholine rings is 2. The van der Waals surface area contributed by atoms with Crippen molar-refractivity contribution in [2.24, 2.45) is 16.7 Å². The largest absolute Gasteiger partial charge is 0.378 e. The van der Waals surface area contributed by atoms with Gasteiger partial charge in [-0.15, -0.1) is 0 Å². The summed E-state index contributed by atoms with van der Waals surface area (Å²) < 4.78 is 10.7. The number of urea groups is 1. The van der Waals surface area contributed by atoms with Crippen molar-refractivity contribution in [2.75, 3.05) is 59.2 Å². The van der Waals surface area contributed by atoms with Crippen LogP contribution in [0.2, 0.25) is 0 Å². The summed E-state index contributed by atoms with van der Waals surface area (Å²) in [6.45, 7) is 12.8. The number of hydrogen-bond acceptors (Lipinski definition) is 4. The fourth-order valence-electron chi connectivity index (χ4n) is 5.49. The van der Waals surface area contributed by atoms with Gasteiger partial charge in [0.2, 0.25) is 5.91 Å². The Hall–Kier alpha value is -1.34. The van der Waals surface area contributed by atoms with E-state index in [0.29, 0.717) is 71.5 Å². The van der Waals surface area contributed by atoms with Crippen LogP contribution in [0.25, 0.3) is 0 Å². The van der Waals surface area contributed by atoms with Crippen molar-refractivity contribution < 1.29 is 19.1 Å². The van der Waals surface area contributed by atoms with Crippen molar-refractivity contribution in [3.8, 4) is 0 Å². The molecule has 3 amide bonds. The van der Waals surface area contributed by atoms with Crippen LogP contribution in [-0.2, 0) is 14.3 Å². The maximum absolute atomic E-state index is 12.7. The van der Waals surface area contributed by atoms with Crippen molar-refractivity contribution in [3.63, 3.8) is 0 Å². The summed E-state index contributed by atoms with van der Waals surface area (Å²) in [7, 11) is 0. The molecule has 0 radical (unpaired) electrons. The first-order valence-electron chi connectivity index (χ1n) is 10.7. The minimum Gasteiger partial charge on any atom is -0.378 e. The molecule has 160 valence electrons. The molecule has 2 saturated heterocycles. The van der Waals surface area contributed by atoms with E-state index in [1.165, 1.54) is 0 Å². The van der Waals surface area contributed by atoms with Gasteiger partial charge in [0, 0.05) is 39.1 Å². The molecule has 0 aromatic carbocycles. The van der Waals surface area contributed by atoms with E-state index in [9.17, 15) is 9.59 Å². The monoisotopic (exact) mass is 395 g/mol. The Balaban J connectivity index is 1.55. The van der Waals surface area contributed by atoms with Crippen LogP contribution in [0.4, 0.5) is 4.79 Å². The number of ether oxygens (including phenoxy) is 2. The van der Waals surface area contributed by atoms with Gasteiger partial charge in [-0.1, -0.05) is 20.8 Å². The Labute approximate surface area is 169 Å². The molecule has 1 saturated carbocycles. The molecule has 1 aliphatic carbocycles. The van der Waals surface area contributed by atoms with Crippen molar-refractivity contribution in [1.82, 2.24) is 15.1 Å². The zero-order valence-electron chi connectivity index (χ0n) is 17.8. The van der Waals surface area contributed by atoms with Crippen LogP contribution in [0.1, 0.15) is 46.5 Å². The van der Waals surface area contributed by atoms with E-state index >= 15 is 0 Å². The van der Waals surface area contributed by atoms with E-state index in [1.54, 1.807) is 0 Å². The summed E-state index contributed by atoms with van der Waals surface area (Å²) in [5.41, 5.74) is 0.187. The number of carbonyl (C=O) groups is 2. The molecule has 2 aliphatic heterocycles. The molecule has 7 heteroatoms. The van der Waals surface area contributed by atoms with E-state index in [0.717, 1.165) is 19.3 Å². The highest BCUT2D eigenvalue weighted by Crippen LogP contribution is 2.49. The molecule has 3 fully saturated rings. The predicted molar refractivity (Wildman–Crippen MR) is 107 cm³/mol. The minimum atomic E-state index is 0.00819. The fraction of sp³-hybridized carbons (Fsp3) is 0.905. The number of nitrogens with zero attached hydrogens (tertiary/aromatic N) is 2. The van der Waals surface area contributed by atoms with E-state index in [-0.39, 0.29) is 22.8 Å². The molecule has 0 spiro atoms. The SMILES string of the molecule is CC1(C)CC(CC(=O)N2CCOCC2)CC(C)(CNC(=O)N2CCOCC2)C1. The van der Waals surface area contributed by atoms with Crippen molar-refractivity contribution in [1.29, 1.82) is 0 Å². The standard InChI is InChI=1S/C21H37N3O4/c1-20(2)13-17(12-18(25)23-4-8-27-9-5-23)14-21(3,15-20)16-22-19(26)24-6-10-28-11-7-24/h17H,4-16H2,1-3H3,(H,22,26). The molecule has 3 aliphatic rings. The molecule has 2 atom stereocenters. The average Bonchev–Trinajstić information content (AvgIpc) is 2.66. The van der Waals surface area contributed by atoms with Gasteiger partial charge in [0.25, 0.3) is 0 Å². The predicted octanol–water partition coefficient (Wildman–Crippen LogP) is 2.11. The van der Waals surface area contributed by atoms with Crippen LogP contribution in [0, 0.1) is 16.7 Å². The van der Waals surface area contributed by atoms with Crippen LogP contribution >= 0.6 is 0 Å². The molecule has 0 aromatic rings. The Morgan fingerprint density at radius 2 is 1.50 bits per heavy atom. The molecular formula is C21H37N3O4. The van der Waals surface area contributed by atoms with Crippen molar-refractivity contribution in [2.45, 2.75) is 46.5 Å². The molecular weight excluding hydrogens is 358 g/mol. The summed E-state index contributed by atoms with van der Waals surface area (Å²) in [5, 5.41) is 3.16. The summed E-state index contributed by atoms with van der Waals surface area (Å²) >= 11 is 0. The van der Waals surface area contributed by atoms with Gasteiger partial charge in [0.1, 0.15) is 0 Å². The van der Waals surface area contributed by atoms with Gasteiger partial charge >= 0.3 is 6.03 Å². The maximum Gasteiger partial charge on any atom is 0.317 e. The summed E-state index contributed by atoms with van der Waals surface area (Å²) in [6.07, 6.45) is 3.72. The van der Waals surface area contributed by atoms with Gasteiger partial charge < -0.3 is 24.6 Å². The van der Waals surface area contributed by atoms with Crippen LogP contribution < -0.4 is 5.32 Å². The maximum atomic E-state index is 12.7. The normalized spacial score (nSPS) is 30.8. The Kier molecular flexibility index (Phi) is 6.86. The second kappa shape index (κ2) is 8.99. The topological polar surface area (TPSA) is 71.1 Å². The van der Waals surface area contributed by atoms with Gasteiger partial charge in [0.05, 0.1) is 26.4 Å². The highest BCUT2D eigenvalue weighted by Gasteiger charge is 2.42. The lowest BCUT2D eigenvalue weighted by atomic mass is 9.60. The molecule has 1 N–H and O–H groups in total. The third-order valence-electron chi connectivity index (χ3n) is 6.32. The zero-order chi connectivity index (χ0) is 20.2. The second-order valence-corrected chi connectivity index (χ2v) is 9.88. The molecule has 2 unspecified atom stereocenters. The zero-order valence-corrected chi connectivity index (χ0v) is 17.8. The first-order chi connectivity index (χ1) is 13.3. The lowest BCUT2D eigenvalue weighted by molar-refractivity contribution is -0.137. The van der Waals surface area contributed by atoms with Gasteiger partial charge in [-0.25, -0.2) is 4.79 Å². The highest BCUT2D eigenvalue weighted by atomic mass is 16.5. The van der Waals surface area contributed by atoms with Gasteiger partial charge in [-0.3, -0.25) is 4.79 Å². The minimum absolute atomic E-state index is 0.00819. The molecule has 0 aromatic heterocycles. The van der Waals surface area contributed by atoms with Crippen LogP contribution in [-0.4, -0.2) is 80.9 Å². The van der Waals surface area contributed by atoms with Gasteiger partial charge in [-0.2, -0.15) is 0 Å². The molecule has 3 rings (SSSR count). The average molecular weight is 396 g/mol. The molecule has 2 heterocycles. The van der Waals surface area contributed by atoms with Crippen LogP contribution in [0.3, 0.4) is 0 Å². The highest BCUT2D eigenvalue weighted by molar-refractivity contribution is 5.76. The van der Waals surface area contributed by atoms with E-state index in [2.05, 4.69) is 26.1 Å².